The molecule has 1 saturated heterocycles. The van der Waals surface area contributed by atoms with Crippen molar-refractivity contribution in [2.75, 3.05) is 0 Å². The Morgan fingerprint density at radius 1 is 1.11 bits per heavy atom. The molecule has 13 heteroatoms. The Morgan fingerprint density at radius 3 is 2.81 bits per heavy atom. The quantitative estimate of drug-likeness (QED) is 0.372. The van der Waals surface area contributed by atoms with E-state index in [-0.39, 0.29) is 37.0 Å². The number of hydrogen-bond acceptors (Lipinski definition) is 8. The number of nitrogens with zero attached hydrogens (tertiary/aromatic N) is 7. The first-order valence-corrected chi connectivity index (χ1v) is 11.7. The summed E-state index contributed by atoms with van der Waals surface area (Å²) in [6.07, 6.45) is 3.88. The van der Waals surface area contributed by atoms with Gasteiger partial charge in [-0.05, 0) is 48.7 Å². The van der Waals surface area contributed by atoms with Crippen molar-refractivity contribution < 1.29 is 19.2 Å². The average molecular weight is 499 g/mol. The van der Waals surface area contributed by atoms with Gasteiger partial charge in [0, 0.05) is 24.7 Å². The molecule has 1 atom stereocenters. The van der Waals surface area contributed by atoms with Crippen LogP contribution < -0.4 is 10.6 Å². The van der Waals surface area contributed by atoms with Crippen LogP contribution in [0.4, 0.5) is 0 Å². The number of pyridine rings is 1. The second kappa shape index (κ2) is 8.62. The largest absolute Gasteiger partial charge is 0.343 e. The van der Waals surface area contributed by atoms with Crippen molar-refractivity contribution in [1.82, 2.24) is 45.1 Å². The van der Waals surface area contributed by atoms with Crippen molar-refractivity contribution in [3.8, 4) is 5.69 Å². The van der Waals surface area contributed by atoms with Gasteiger partial charge < -0.3 is 10.2 Å². The van der Waals surface area contributed by atoms with Crippen molar-refractivity contribution in [3.63, 3.8) is 0 Å². The SMILES string of the molecule is Cc1ccc2nnc(CNC(=O)c3cn(-c4ccc5c(c4)CN(C4CCC(=O)NC4=O)C5=O)nn3)n2c1. The van der Waals surface area contributed by atoms with Crippen LogP contribution >= 0.6 is 0 Å². The molecule has 0 aliphatic carbocycles. The topological polar surface area (TPSA) is 156 Å². The Morgan fingerprint density at radius 2 is 1.97 bits per heavy atom. The molecule has 4 aromatic rings. The molecule has 186 valence electrons. The third-order valence-corrected chi connectivity index (χ3v) is 6.53. The lowest BCUT2D eigenvalue weighted by Crippen LogP contribution is -2.52. The number of fused-ring (bicyclic) bond motifs is 2. The van der Waals surface area contributed by atoms with Crippen molar-refractivity contribution in [3.05, 3.63) is 70.9 Å². The number of carbonyl (C=O) groups is 4. The van der Waals surface area contributed by atoms with E-state index in [1.165, 1.54) is 15.8 Å². The van der Waals surface area contributed by atoms with E-state index in [0.29, 0.717) is 29.1 Å². The van der Waals surface area contributed by atoms with Gasteiger partial charge in [-0.25, -0.2) is 4.68 Å². The predicted molar refractivity (Wildman–Crippen MR) is 126 cm³/mol. The maximum atomic E-state index is 12.9. The van der Waals surface area contributed by atoms with Crippen LogP contribution in [0.15, 0.2) is 42.7 Å². The molecule has 13 nitrogen and oxygen atoms in total. The first-order chi connectivity index (χ1) is 17.9. The highest BCUT2D eigenvalue weighted by Crippen LogP contribution is 2.29. The third-order valence-electron chi connectivity index (χ3n) is 6.53. The minimum absolute atomic E-state index is 0.117. The molecule has 1 unspecified atom stereocenters. The number of imide groups is 1. The molecule has 4 amide bonds. The number of aromatic nitrogens is 6. The molecule has 6 rings (SSSR count). The summed E-state index contributed by atoms with van der Waals surface area (Å²) < 4.78 is 3.26. The van der Waals surface area contributed by atoms with Gasteiger partial charge in [0.15, 0.2) is 17.2 Å². The Hall–Kier alpha value is -4.94. The number of amides is 4. The van der Waals surface area contributed by atoms with Gasteiger partial charge in [-0.3, -0.25) is 28.9 Å². The summed E-state index contributed by atoms with van der Waals surface area (Å²) in [5, 5.41) is 21.3. The molecule has 0 bridgehead atoms. The minimum Gasteiger partial charge on any atom is -0.343 e. The summed E-state index contributed by atoms with van der Waals surface area (Å²) in [4.78, 5) is 50.8. The van der Waals surface area contributed by atoms with Gasteiger partial charge in [0.2, 0.25) is 11.8 Å². The fourth-order valence-electron chi connectivity index (χ4n) is 4.61. The molecule has 0 spiro atoms. The zero-order valence-corrected chi connectivity index (χ0v) is 19.7. The third kappa shape index (κ3) is 3.99. The fourth-order valence-corrected chi connectivity index (χ4v) is 4.61. The number of nitrogens with one attached hydrogen (secondary N) is 2. The van der Waals surface area contributed by atoms with Crippen LogP contribution in [-0.4, -0.2) is 64.2 Å². The predicted octanol–water partition coefficient (Wildman–Crippen LogP) is 0.309. The Bertz CT molecular complexity index is 1600. The van der Waals surface area contributed by atoms with E-state index in [4.69, 9.17) is 0 Å². The molecule has 5 heterocycles. The second-order valence-electron chi connectivity index (χ2n) is 9.02. The molecule has 3 aromatic heterocycles. The Labute approximate surface area is 209 Å². The van der Waals surface area contributed by atoms with E-state index in [1.54, 1.807) is 18.2 Å². The van der Waals surface area contributed by atoms with Crippen LogP contribution in [-0.2, 0) is 22.7 Å². The minimum atomic E-state index is -0.686. The van der Waals surface area contributed by atoms with E-state index in [9.17, 15) is 19.2 Å². The maximum absolute atomic E-state index is 12.9. The van der Waals surface area contributed by atoms with Gasteiger partial charge in [0.25, 0.3) is 11.8 Å². The van der Waals surface area contributed by atoms with Gasteiger partial charge in [0.05, 0.1) is 18.4 Å². The van der Waals surface area contributed by atoms with E-state index in [1.807, 2.05) is 29.7 Å². The standard InChI is InChI=1S/C24H21N9O4/c1-13-2-6-19-28-29-20(32(19)10-13)9-25-22(35)17-12-33(30-27-17)15-3-4-16-14(8-15)11-31(24(16)37)18-5-7-21(34)26-23(18)36/h2-4,6,8,10,12,18H,5,7,9,11H2,1H3,(H,25,35)(H,26,34,36). The molecule has 1 fully saturated rings. The highest BCUT2D eigenvalue weighted by molar-refractivity contribution is 6.05. The average Bonchev–Trinajstić information content (AvgIpc) is 3.60. The summed E-state index contributed by atoms with van der Waals surface area (Å²) in [5.41, 5.74) is 3.67. The smallest absolute Gasteiger partial charge is 0.273 e. The van der Waals surface area contributed by atoms with Gasteiger partial charge >= 0.3 is 0 Å². The highest BCUT2D eigenvalue weighted by atomic mass is 16.2. The first-order valence-electron chi connectivity index (χ1n) is 11.7. The van der Waals surface area contributed by atoms with Crippen LogP contribution in [0.3, 0.4) is 0 Å². The second-order valence-corrected chi connectivity index (χ2v) is 9.02. The number of hydrogen-bond donors (Lipinski definition) is 2. The van der Waals surface area contributed by atoms with Gasteiger partial charge in [0.1, 0.15) is 6.04 Å². The van der Waals surface area contributed by atoms with E-state index in [0.717, 1.165) is 11.1 Å². The van der Waals surface area contributed by atoms with Crippen LogP contribution in [0.25, 0.3) is 11.3 Å². The number of carbonyl (C=O) groups excluding carboxylic acids is 4. The van der Waals surface area contributed by atoms with E-state index < -0.39 is 17.9 Å². The molecule has 1 aromatic carbocycles. The molecule has 2 N–H and O–H groups in total. The Balaban J connectivity index is 1.15. The molecular formula is C24H21N9O4. The van der Waals surface area contributed by atoms with Gasteiger partial charge in [-0.1, -0.05) is 11.3 Å². The number of piperidine rings is 1. The lowest BCUT2D eigenvalue weighted by Gasteiger charge is -2.29. The van der Waals surface area contributed by atoms with E-state index in [2.05, 4.69) is 31.1 Å². The lowest BCUT2D eigenvalue weighted by molar-refractivity contribution is -0.136. The van der Waals surface area contributed by atoms with Gasteiger partial charge in [-0.2, -0.15) is 0 Å². The molecule has 0 radical (unpaired) electrons. The van der Waals surface area contributed by atoms with Crippen LogP contribution in [0.5, 0.6) is 0 Å². The van der Waals surface area contributed by atoms with Crippen molar-refractivity contribution in [2.45, 2.75) is 38.9 Å². The van der Waals surface area contributed by atoms with E-state index >= 15 is 0 Å². The zero-order valence-electron chi connectivity index (χ0n) is 19.7. The molecule has 2 aliphatic rings. The van der Waals surface area contributed by atoms with Crippen molar-refractivity contribution in [1.29, 1.82) is 0 Å². The molecule has 2 aliphatic heterocycles. The lowest BCUT2D eigenvalue weighted by atomic mass is 10.0. The maximum Gasteiger partial charge on any atom is 0.273 e. The van der Waals surface area contributed by atoms with Crippen LogP contribution in [0.2, 0.25) is 0 Å². The summed E-state index contributed by atoms with van der Waals surface area (Å²) in [6.45, 7) is 2.36. The summed E-state index contributed by atoms with van der Waals surface area (Å²) in [6, 6.07) is 8.25. The highest BCUT2D eigenvalue weighted by Gasteiger charge is 2.39. The number of benzene rings is 1. The van der Waals surface area contributed by atoms with Crippen LogP contribution in [0.1, 0.15) is 50.6 Å². The van der Waals surface area contributed by atoms with Crippen molar-refractivity contribution >= 4 is 29.3 Å². The fraction of sp³-hybridized carbons (Fsp3) is 0.250. The number of aryl methyl sites for hydroxylation is 1. The van der Waals surface area contributed by atoms with Crippen molar-refractivity contribution in [2.24, 2.45) is 0 Å². The monoisotopic (exact) mass is 499 g/mol. The molecule has 37 heavy (non-hydrogen) atoms. The number of rotatable bonds is 5. The summed E-state index contributed by atoms with van der Waals surface area (Å²) in [7, 11) is 0. The zero-order chi connectivity index (χ0) is 25.7. The Kier molecular flexibility index (Phi) is 5.25. The van der Waals surface area contributed by atoms with Gasteiger partial charge in [-0.15, -0.1) is 15.3 Å². The molecular weight excluding hydrogens is 478 g/mol. The molecule has 0 saturated carbocycles. The first kappa shape index (κ1) is 22.5. The normalized spacial score (nSPS) is 17.3. The van der Waals surface area contributed by atoms with Crippen LogP contribution in [0, 0.1) is 6.92 Å². The summed E-state index contributed by atoms with van der Waals surface area (Å²) >= 11 is 0. The summed E-state index contributed by atoms with van der Waals surface area (Å²) in [5.74, 6) is -0.882.